The third-order valence-electron chi connectivity index (χ3n) is 2.91. The maximum atomic E-state index is 11.3. The molecule has 0 aromatic rings. The van der Waals surface area contributed by atoms with Gasteiger partial charge in [0.05, 0.1) is 0 Å². The molecule has 0 saturated carbocycles. The smallest absolute Gasteiger partial charge is 0.322 e. The zero-order valence-corrected chi connectivity index (χ0v) is 10.5. The first-order valence-corrected chi connectivity index (χ1v) is 5.95. The van der Waals surface area contributed by atoms with Gasteiger partial charge in [-0.1, -0.05) is 0 Å². The van der Waals surface area contributed by atoms with Crippen LogP contribution in [0.1, 0.15) is 13.3 Å². The van der Waals surface area contributed by atoms with E-state index in [0.29, 0.717) is 19.6 Å². The van der Waals surface area contributed by atoms with Crippen LogP contribution in [0.15, 0.2) is 0 Å². The first-order chi connectivity index (χ1) is 8.49. The van der Waals surface area contributed by atoms with Crippen LogP contribution in [0.3, 0.4) is 0 Å². The molecule has 1 rings (SSSR count). The second kappa shape index (κ2) is 6.95. The molecule has 7 heteroatoms. The van der Waals surface area contributed by atoms with Gasteiger partial charge in [0, 0.05) is 46.1 Å². The van der Waals surface area contributed by atoms with Crippen molar-refractivity contribution in [2.75, 3.05) is 39.3 Å². The zero-order valence-electron chi connectivity index (χ0n) is 10.5. The average molecular weight is 257 g/mol. The van der Waals surface area contributed by atoms with Gasteiger partial charge in [-0.15, -0.1) is 0 Å². The number of aliphatic carboxylic acids is 1. The van der Waals surface area contributed by atoms with Gasteiger partial charge in [-0.2, -0.15) is 0 Å². The van der Waals surface area contributed by atoms with E-state index in [-0.39, 0.29) is 24.8 Å². The largest absolute Gasteiger partial charge is 0.480 e. The summed E-state index contributed by atoms with van der Waals surface area (Å²) in [6.45, 7) is 4.69. The number of carboxylic acids is 1. The summed E-state index contributed by atoms with van der Waals surface area (Å²) < 4.78 is 0. The normalized spacial score (nSPS) is 16.4. The molecule has 2 N–H and O–H groups in total. The van der Waals surface area contributed by atoms with Crippen LogP contribution in [0, 0.1) is 0 Å². The van der Waals surface area contributed by atoms with Crippen molar-refractivity contribution in [3.63, 3.8) is 0 Å². The number of rotatable bonds is 5. The molecule has 0 aromatic carbocycles. The van der Waals surface area contributed by atoms with Crippen LogP contribution in [-0.2, 0) is 14.4 Å². The SMILES string of the molecule is CC(=O)N1CCN(CCC(=O)NCC(=O)O)CC1. The summed E-state index contributed by atoms with van der Waals surface area (Å²) in [4.78, 5) is 36.5. The van der Waals surface area contributed by atoms with Crippen LogP contribution in [0.25, 0.3) is 0 Å². The molecule has 2 amide bonds. The van der Waals surface area contributed by atoms with Crippen molar-refractivity contribution in [2.45, 2.75) is 13.3 Å². The minimum absolute atomic E-state index is 0.0776. The van der Waals surface area contributed by atoms with Crippen molar-refractivity contribution in [3.8, 4) is 0 Å². The average Bonchev–Trinajstić information content (AvgIpc) is 2.34. The predicted molar refractivity (Wildman–Crippen MR) is 64.0 cm³/mol. The highest BCUT2D eigenvalue weighted by atomic mass is 16.4. The second-order valence-corrected chi connectivity index (χ2v) is 4.27. The molecule has 1 heterocycles. The Kier molecular flexibility index (Phi) is 5.57. The minimum Gasteiger partial charge on any atom is -0.480 e. The number of carbonyl (C=O) groups is 3. The van der Waals surface area contributed by atoms with Crippen molar-refractivity contribution >= 4 is 17.8 Å². The Morgan fingerprint density at radius 3 is 2.28 bits per heavy atom. The van der Waals surface area contributed by atoms with Crippen LogP contribution >= 0.6 is 0 Å². The molecule has 1 aliphatic heterocycles. The number of nitrogens with zero attached hydrogens (tertiary/aromatic N) is 2. The number of nitrogens with one attached hydrogen (secondary N) is 1. The van der Waals surface area contributed by atoms with Crippen LogP contribution in [-0.4, -0.2) is 72.0 Å². The molecule has 102 valence electrons. The van der Waals surface area contributed by atoms with E-state index in [1.54, 1.807) is 11.8 Å². The van der Waals surface area contributed by atoms with E-state index in [0.717, 1.165) is 13.1 Å². The first kappa shape index (κ1) is 14.4. The van der Waals surface area contributed by atoms with Crippen molar-refractivity contribution < 1.29 is 19.5 Å². The van der Waals surface area contributed by atoms with Crippen molar-refractivity contribution in [1.82, 2.24) is 15.1 Å². The number of carboxylic acid groups (broad SMARTS) is 1. The summed E-state index contributed by atoms with van der Waals surface area (Å²) in [5, 5.41) is 10.7. The Morgan fingerprint density at radius 1 is 1.17 bits per heavy atom. The molecule has 0 unspecified atom stereocenters. The maximum absolute atomic E-state index is 11.3. The zero-order chi connectivity index (χ0) is 13.5. The summed E-state index contributed by atoms with van der Waals surface area (Å²) in [7, 11) is 0. The topological polar surface area (TPSA) is 90.0 Å². The molecule has 0 spiro atoms. The quantitative estimate of drug-likeness (QED) is 0.641. The highest BCUT2D eigenvalue weighted by Gasteiger charge is 2.18. The molecular formula is C11H19N3O4. The fourth-order valence-electron chi connectivity index (χ4n) is 1.81. The lowest BCUT2D eigenvalue weighted by atomic mass is 10.3. The third kappa shape index (κ3) is 5.13. The fourth-order valence-corrected chi connectivity index (χ4v) is 1.81. The Labute approximate surface area is 106 Å². The summed E-state index contributed by atoms with van der Waals surface area (Å²) in [5.74, 6) is -1.22. The highest BCUT2D eigenvalue weighted by molar-refractivity contribution is 5.81. The number of piperazine rings is 1. The number of hydrogen-bond acceptors (Lipinski definition) is 4. The lowest BCUT2D eigenvalue weighted by Crippen LogP contribution is -2.48. The lowest BCUT2D eigenvalue weighted by molar-refractivity contribution is -0.138. The van der Waals surface area contributed by atoms with Crippen LogP contribution < -0.4 is 5.32 Å². The third-order valence-corrected chi connectivity index (χ3v) is 2.91. The second-order valence-electron chi connectivity index (χ2n) is 4.27. The summed E-state index contributed by atoms with van der Waals surface area (Å²) in [6, 6.07) is 0. The van der Waals surface area contributed by atoms with E-state index in [2.05, 4.69) is 10.2 Å². The van der Waals surface area contributed by atoms with Crippen LogP contribution in [0.2, 0.25) is 0 Å². The van der Waals surface area contributed by atoms with E-state index in [1.807, 2.05) is 0 Å². The highest BCUT2D eigenvalue weighted by Crippen LogP contribution is 2.02. The number of carbonyl (C=O) groups excluding carboxylic acids is 2. The van der Waals surface area contributed by atoms with Gasteiger partial charge in [-0.05, 0) is 0 Å². The van der Waals surface area contributed by atoms with E-state index in [1.165, 1.54) is 0 Å². The van der Waals surface area contributed by atoms with Gasteiger partial charge in [0.15, 0.2) is 0 Å². The van der Waals surface area contributed by atoms with E-state index in [4.69, 9.17) is 5.11 Å². The molecule has 0 atom stereocenters. The molecule has 1 aliphatic rings. The van der Waals surface area contributed by atoms with E-state index < -0.39 is 5.97 Å². The molecular weight excluding hydrogens is 238 g/mol. The van der Waals surface area contributed by atoms with Gasteiger partial charge in [0.1, 0.15) is 6.54 Å². The Bertz CT molecular complexity index is 324. The molecule has 0 radical (unpaired) electrons. The fraction of sp³-hybridized carbons (Fsp3) is 0.727. The molecule has 0 aromatic heterocycles. The minimum atomic E-state index is -1.04. The standard InChI is InChI=1S/C11H19N3O4/c1-9(15)14-6-4-13(5-7-14)3-2-10(16)12-8-11(17)18/h2-8H2,1H3,(H,12,16)(H,17,18). The molecule has 18 heavy (non-hydrogen) atoms. The van der Waals surface area contributed by atoms with E-state index in [9.17, 15) is 14.4 Å². The Morgan fingerprint density at radius 2 is 1.78 bits per heavy atom. The van der Waals surface area contributed by atoms with Gasteiger partial charge in [-0.25, -0.2) is 0 Å². The van der Waals surface area contributed by atoms with Crippen molar-refractivity contribution in [1.29, 1.82) is 0 Å². The Hall–Kier alpha value is -1.63. The monoisotopic (exact) mass is 257 g/mol. The van der Waals surface area contributed by atoms with Crippen molar-refractivity contribution in [3.05, 3.63) is 0 Å². The van der Waals surface area contributed by atoms with Gasteiger partial charge in [-0.3, -0.25) is 19.3 Å². The maximum Gasteiger partial charge on any atom is 0.322 e. The lowest BCUT2D eigenvalue weighted by Gasteiger charge is -2.33. The van der Waals surface area contributed by atoms with Crippen LogP contribution in [0.4, 0.5) is 0 Å². The number of amides is 2. The Balaban J connectivity index is 2.15. The van der Waals surface area contributed by atoms with Gasteiger partial charge in [0.2, 0.25) is 11.8 Å². The molecule has 7 nitrogen and oxygen atoms in total. The van der Waals surface area contributed by atoms with Crippen molar-refractivity contribution in [2.24, 2.45) is 0 Å². The molecule has 0 bridgehead atoms. The van der Waals surface area contributed by atoms with Gasteiger partial charge in [0.25, 0.3) is 0 Å². The van der Waals surface area contributed by atoms with Gasteiger partial charge < -0.3 is 15.3 Å². The first-order valence-electron chi connectivity index (χ1n) is 5.95. The summed E-state index contributed by atoms with van der Waals surface area (Å²) in [6.07, 6.45) is 0.285. The molecule has 1 saturated heterocycles. The molecule has 0 aliphatic carbocycles. The number of hydrogen-bond donors (Lipinski definition) is 2. The van der Waals surface area contributed by atoms with Crippen LogP contribution in [0.5, 0.6) is 0 Å². The summed E-state index contributed by atoms with van der Waals surface area (Å²) >= 11 is 0. The molecule has 1 fully saturated rings. The van der Waals surface area contributed by atoms with E-state index >= 15 is 0 Å². The summed E-state index contributed by atoms with van der Waals surface area (Å²) in [5.41, 5.74) is 0. The van der Waals surface area contributed by atoms with Gasteiger partial charge >= 0.3 is 5.97 Å². The predicted octanol–water partition coefficient (Wildman–Crippen LogP) is -1.26.